The molecule has 48 heavy (non-hydrogen) atoms. The predicted molar refractivity (Wildman–Crippen MR) is 178 cm³/mol. The molecule has 2 aromatic heterocycles. The van der Waals surface area contributed by atoms with Crippen molar-refractivity contribution in [1.29, 1.82) is 0 Å². The van der Waals surface area contributed by atoms with Crippen LogP contribution in [0, 0.1) is 6.92 Å². The zero-order valence-corrected chi connectivity index (χ0v) is 27.3. The van der Waals surface area contributed by atoms with Gasteiger partial charge in [0.2, 0.25) is 22.5 Å². The number of aromatic carboxylic acids is 1. The molecule has 0 amide bonds. The van der Waals surface area contributed by atoms with Crippen molar-refractivity contribution < 1.29 is 32.2 Å². The highest BCUT2D eigenvalue weighted by Crippen LogP contribution is 2.33. The molecule has 13 nitrogen and oxygen atoms in total. The third kappa shape index (κ3) is 7.01. The lowest BCUT2D eigenvalue weighted by Gasteiger charge is -2.34. The summed E-state index contributed by atoms with van der Waals surface area (Å²) >= 11 is 5.87. The molecule has 2 aliphatic rings. The number of fused-ring (bicyclic) bond motifs is 2. The quantitative estimate of drug-likeness (QED) is 0.255. The number of sulfonamides is 1. The number of hydrogen-bond donors (Lipinski definition) is 2. The predicted octanol–water partition coefficient (Wildman–Crippen LogP) is 3.99. The number of H-pyrrole nitrogens is 1. The second-order valence-corrected chi connectivity index (χ2v) is 13.6. The van der Waals surface area contributed by atoms with Crippen LogP contribution in [0.15, 0.2) is 86.8 Å². The van der Waals surface area contributed by atoms with Gasteiger partial charge in [-0.15, -0.1) is 0 Å². The number of ether oxygens (including phenoxy) is 2. The summed E-state index contributed by atoms with van der Waals surface area (Å²) in [5.74, 6) is 0.210. The lowest BCUT2D eigenvalue weighted by molar-refractivity contribution is 0.0697. The third-order valence-electron chi connectivity index (χ3n) is 8.04. The van der Waals surface area contributed by atoms with Gasteiger partial charge in [-0.05, 0) is 54.4 Å². The number of rotatable bonds is 7. The van der Waals surface area contributed by atoms with Crippen LogP contribution in [0.2, 0.25) is 5.02 Å². The van der Waals surface area contributed by atoms with Crippen LogP contribution in [0.1, 0.15) is 27.0 Å². The molecular formula is C33H31ClN4O9S. The molecule has 7 rings (SSSR count). The van der Waals surface area contributed by atoms with Crippen molar-refractivity contribution in [3.63, 3.8) is 0 Å². The summed E-state index contributed by atoms with van der Waals surface area (Å²) in [6.07, 6.45) is 0. The summed E-state index contributed by atoms with van der Waals surface area (Å²) < 4.78 is 44.0. The van der Waals surface area contributed by atoms with E-state index >= 15 is 0 Å². The first-order valence-electron chi connectivity index (χ1n) is 14.9. The van der Waals surface area contributed by atoms with E-state index in [-0.39, 0.29) is 34.8 Å². The highest BCUT2D eigenvalue weighted by Gasteiger charge is 2.28. The van der Waals surface area contributed by atoms with E-state index in [0.29, 0.717) is 36.9 Å². The number of benzene rings is 3. The van der Waals surface area contributed by atoms with Crippen molar-refractivity contribution in [2.75, 3.05) is 33.0 Å². The number of nitrogens with one attached hydrogen (secondary N) is 1. The molecule has 250 valence electrons. The molecule has 15 heteroatoms. The molecule has 5 aromatic rings. The monoisotopic (exact) mass is 694 g/mol. The minimum atomic E-state index is -3.33. The van der Waals surface area contributed by atoms with Crippen molar-refractivity contribution in [3.8, 4) is 17.2 Å². The van der Waals surface area contributed by atoms with Crippen molar-refractivity contribution in [2.24, 2.45) is 0 Å². The topological polar surface area (TPSA) is 164 Å². The minimum absolute atomic E-state index is 0.00628. The smallest absolute Gasteiger partial charge is 0.341 e. The van der Waals surface area contributed by atoms with Gasteiger partial charge in [-0.2, -0.15) is 4.31 Å². The van der Waals surface area contributed by atoms with E-state index in [0.717, 1.165) is 29.2 Å². The summed E-state index contributed by atoms with van der Waals surface area (Å²) in [4.78, 5) is 37.5. The fraction of sp³-hybridized carbons (Fsp3) is 0.242. The number of hydrogen-bond acceptors (Lipinski definition) is 9. The number of aromatic amines is 1. The van der Waals surface area contributed by atoms with Crippen molar-refractivity contribution >= 4 is 38.7 Å². The van der Waals surface area contributed by atoms with E-state index in [2.05, 4.69) is 10.00 Å². The zero-order chi connectivity index (χ0) is 34.0. The minimum Gasteiger partial charge on any atom is -0.478 e. The highest BCUT2D eigenvalue weighted by molar-refractivity contribution is 7.88. The Morgan fingerprint density at radius 3 is 2.27 bits per heavy atom. The van der Waals surface area contributed by atoms with E-state index in [1.165, 1.54) is 11.6 Å². The van der Waals surface area contributed by atoms with Crippen LogP contribution in [0.25, 0.3) is 16.8 Å². The number of aromatic nitrogens is 2. The van der Waals surface area contributed by atoms with Crippen molar-refractivity contribution in [2.45, 2.75) is 19.2 Å². The number of halogens is 1. The fourth-order valence-electron chi connectivity index (χ4n) is 5.56. The maximum absolute atomic E-state index is 12.7. The number of carboxylic acids is 1. The summed E-state index contributed by atoms with van der Waals surface area (Å²) in [6, 6.07) is 21.5. The fourth-order valence-corrected chi connectivity index (χ4v) is 7.20. The molecule has 3 aromatic carbocycles. The largest absolute Gasteiger partial charge is 0.478 e. The van der Waals surface area contributed by atoms with Crippen LogP contribution in [0.5, 0.6) is 11.5 Å². The molecule has 4 heterocycles. The molecule has 0 radical (unpaired) electrons. The van der Waals surface area contributed by atoms with Gasteiger partial charge in [-0.1, -0.05) is 48.0 Å². The van der Waals surface area contributed by atoms with Gasteiger partial charge in [0.1, 0.15) is 5.39 Å². The lowest BCUT2D eigenvalue weighted by atomic mass is 10.1. The van der Waals surface area contributed by atoms with Gasteiger partial charge in [0.15, 0.2) is 11.5 Å². The van der Waals surface area contributed by atoms with Crippen LogP contribution in [0.3, 0.4) is 0 Å². The summed E-state index contributed by atoms with van der Waals surface area (Å²) in [6.45, 7) is 4.75. The lowest BCUT2D eigenvalue weighted by Crippen LogP contribution is -2.48. The average Bonchev–Trinajstić information content (AvgIpc) is 3.67. The summed E-state index contributed by atoms with van der Waals surface area (Å²) in [5, 5.41) is 12.2. The zero-order valence-electron chi connectivity index (χ0n) is 25.7. The van der Waals surface area contributed by atoms with Crippen molar-refractivity contribution in [1.82, 2.24) is 19.0 Å². The molecule has 0 spiro atoms. The maximum atomic E-state index is 12.7. The third-order valence-corrected chi connectivity index (χ3v) is 10.1. The van der Waals surface area contributed by atoms with Crippen LogP contribution < -0.4 is 20.7 Å². The average molecular weight is 695 g/mol. The van der Waals surface area contributed by atoms with Crippen LogP contribution >= 0.6 is 11.6 Å². The van der Waals surface area contributed by atoms with Gasteiger partial charge in [-0.25, -0.2) is 22.7 Å². The van der Waals surface area contributed by atoms with Crippen LogP contribution in [-0.2, 0) is 22.3 Å². The van der Waals surface area contributed by atoms with E-state index in [1.807, 2.05) is 18.2 Å². The van der Waals surface area contributed by atoms with Gasteiger partial charge < -0.3 is 19.0 Å². The van der Waals surface area contributed by atoms with Gasteiger partial charge in [0.05, 0.1) is 22.6 Å². The molecule has 2 aliphatic heterocycles. The Balaban J connectivity index is 0.000000173. The number of carboxylic acid groups (broad SMARTS) is 1. The highest BCUT2D eigenvalue weighted by atomic mass is 35.5. The first-order chi connectivity index (χ1) is 23.0. The first kappa shape index (κ1) is 33.0. The Labute approximate surface area is 279 Å². The molecule has 0 saturated carbocycles. The van der Waals surface area contributed by atoms with Gasteiger partial charge in [-0.3, -0.25) is 14.8 Å². The molecule has 0 atom stereocenters. The maximum Gasteiger partial charge on any atom is 0.341 e. The number of nitrogens with zero attached hydrogens (tertiary/aromatic N) is 3. The normalized spacial score (nSPS) is 14.9. The molecule has 0 aliphatic carbocycles. The number of para-hydroxylation sites is 1. The molecular weight excluding hydrogens is 664 g/mol. The SMILES string of the molecule is Cc1c(C(=O)O)c2c(=O)[nH]n(-c3ccccc3)c2oc1=O.O=S(=O)(Cc1ccc(Cl)cc1)N1CCN(Cc2ccc3c(c2)OCO3)CC1. The first-order valence-corrected chi connectivity index (χ1v) is 16.9. The van der Waals surface area contributed by atoms with Crippen LogP contribution in [-0.4, -0.2) is 71.5 Å². The second-order valence-electron chi connectivity index (χ2n) is 11.2. The Bertz CT molecular complexity index is 2190. The molecule has 1 fully saturated rings. The Hall–Kier alpha value is -4.89. The Morgan fingerprint density at radius 2 is 1.58 bits per heavy atom. The van der Waals surface area contributed by atoms with E-state index < -0.39 is 27.2 Å². The molecule has 0 unspecified atom stereocenters. The summed E-state index contributed by atoms with van der Waals surface area (Å²) in [5.41, 5.74) is 0.469. The van der Waals surface area contributed by atoms with Gasteiger partial charge >= 0.3 is 11.6 Å². The summed E-state index contributed by atoms with van der Waals surface area (Å²) in [7, 11) is -3.33. The van der Waals surface area contributed by atoms with E-state index in [9.17, 15) is 27.9 Å². The van der Waals surface area contributed by atoms with E-state index in [1.54, 1.807) is 58.9 Å². The van der Waals surface area contributed by atoms with Crippen molar-refractivity contribution in [3.05, 3.63) is 121 Å². The van der Waals surface area contributed by atoms with Gasteiger partial charge in [0, 0.05) is 37.7 Å². The standard InChI is InChI=1S/C19H21ClN2O4S.C14H10N2O5/c20-17-4-1-15(2-5-17)13-27(23,24)22-9-7-21(8-10-22)12-16-3-6-18-19(11-16)26-14-25-18;1-7-9(13(18)19)10-11(17)15-16(12(10)21-14(7)20)8-5-3-2-4-6-8/h1-6,11H,7-10,12-14H2;2-6H,1H3,(H,15,17)(H,18,19). The molecule has 1 saturated heterocycles. The Kier molecular flexibility index (Phi) is 9.42. The van der Waals surface area contributed by atoms with Gasteiger partial charge in [0.25, 0.3) is 5.56 Å². The Morgan fingerprint density at radius 1 is 0.917 bits per heavy atom. The van der Waals surface area contributed by atoms with E-state index in [4.69, 9.17) is 25.5 Å². The number of carbonyl (C=O) groups is 1. The second kappa shape index (κ2) is 13.7. The molecule has 2 N–H and O–H groups in total. The molecule has 0 bridgehead atoms. The van der Waals surface area contributed by atoms with Crippen LogP contribution in [0.4, 0.5) is 0 Å². The number of piperazine rings is 1.